The molecule has 9 aromatic carbocycles. The van der Waals surface area contributed by atoms with Gasteiger partial charge in [0.1, 0.15) is 22.3 Å². The van der Waals surface area contributed by atoms with Crippen LogP contribution in [0.5, 0.6) is 0 Å². The predicted molar refractivity (Wildman–Crippen MR) is 218 cm³/mol. The summed E-state index contributed by atoms with van der Waals surface area (Å²) in [4.78, 5) is 0. The fraction of sp³-hybridized carbons (Fsp3) is 0. The summed E-state index contributed by atoms with van der Waals surface area (Å²) in [6.07, 6.45) is 0. The third-order valence-electron chi connectivity index (χ3n) is 10.7. The van der Waals surface area contributed by atoms with Crippen LogP contribution in [0.1, 0.15) is 0 Å². The van der Waals surface area contributed by atoms with Crippen LogP contribution in [0.3, 0.4) is 0 Å². The molecule has 0 atom stereocenters. The molecule has 242 valence electrons. The van der Waals surface area contributed by atoms with Gasteiger partial charge in [0.25, 0.3) is 0 Å². The molecule has 11 aromatic rings. The van der Waals surface area contributed by atoms with Crippen molar-refractivity contribution in [3.8, 4) is 44.5 Å². The molecule has 2 heterocycles. The zero-order valence-electron chi connectivity index (χ0n) is 28.1. The second kappa shape index (κ2) is 11.3. The van der Waals surface area contributed by atoms with Crippen molar-refractivity contribution < 1.29 is 8.83 Å². The molecule has 2 aromatic heterocycles. The van der Waals surface area contributed by atoms with Gasteiger partial charge in [-0.2, -0.15) is 0 Å². The third-order valence-corrected chi connectivity index (χ3v) is 10.7. The van der Waals surface area contributed by atoms with E-state index >= 15 is 0 Å². The maximum Gasteiger partial charge on any atom is 0.143 e. The van der Waals surface area contributed by atoms with Crippen molar-refractivity contribution in [2.75, 3.05) is 0 Å². The number of hydrogen-bond acceptors (Lipinski definition) is 2. The molecule has 0 fully saturated rings. The van der Waals surface area contributed by atoms with E-state index in [9.17, 15) is 0 Å². The molecule has 0 unspecified atom stereocenters. The van der Waals surface area contributed by atoms with Crippen LogP contribution < -0.4 is 0 Å². The van der Waals surface area contributed by atoms with Crippen molar-refractivity contribution in [1.82, 2.24) is 0 Å². The van der Waals surface area contributed by atoms with E-state index in [1.165, 1.54) is 43.8 Å². The number of benzene rings is 9. The molecule has 0 bridgehead atoms. The number of fused-ring (bicyclic) bond motifs is 8. The Balaban J connectivity index is 1.09. The van der Waals surface area contributed by atoms with Crippen molar-refractivity contribution in [3.63, 3.8) is 0 Å². The van der Waals surface area contributed by atoms with Crippen molar-refractivity contribution >= 4 is 65.4 Å². The van der Waals surface area contributed by atoms with Crippen LogP contribution >= 0.6 is 0 Å². The SMILES string of the molecule is c1ccc(-c2cccc3c2oc2ccccc23)c(-c2ccc(-c3c4ccccc4c(-c4cccc5c4oc4ccccc45)c4ccccc34)cc2)c1. The molecular formula is C50H30O2. The second-order valence-corrected chi connectivity index (χ2v) is 13.5. The van der Waals surface area contributed by atoms with E-state index in [1.54, 1.807) is 0 Å². The lowest BCUT2D eigenvalue weighted by molar-refractivity contribution is 0.669. The van der Waals surface area contributed by atoms with E-state index in [-0.39, 0.29) is 0 Å². The van der Waals surface area contributed by atoms with Crippen LogP contribution in [0.4, 0.5) is 0 Å². The number of hydrogen-bond donors (Lipinski definition) is 0. The Bertz CT molecular complexity index is 3120. The van der Waals surface area contributed by atoms with E-state index in [1.807, 2.05) is 18.2 Å². The molecule has 0 aliphatic carbocycles. The normalized spacial score (nSPS) is 11.8. The topological polar surface area (TPSA) is 26.3 Å². The van der Waals surface area contributed by atoms with Crippen LogP contribution in [0.15, 0.2) is 191 Å². The van der Waals surface area contributed by atoms with Gasteiger partial charge in [-0.25, -0.2) is 0 Å². The smallest absolute Gasteiger partial charge is 0.143 e. The van der Waals surface area contributed by atoms with Crippen molar-refractivity contribution in [3.05, 3.63) is 182 Å². The summed E-state index contributed by atoms with van der Waals surface area (Å²) in [6.45, 7) is 0. The van der Waals surface area contributed by atoms with E-state index in [4.69, 9.17) is 8.83 Å². The average Bonchev–Trinajstić information content (AvgIpc) is 3.79. The lowest BCUT2D eigenvalue weighted by Gasteiger charge is -2.18. The number of furan rings is 2. The highest BCUT2D eigenvalue weighted by Gasteiger charge is 2.21. The number of rotatable bonds is 4. The summed E-state index contributed by atoms with van der Waals surface area (Å²) in [5.41, 5.74) is 13.0. The Hall–Kier alpha value is -6.90. The van der Waals surface area contributed by atoms with Gasteiger partial charge in [0.05, 0.1) is 0 Å². The summed E-state index contributed by atoms with van der Waals surface area (Å²) >= 11 is 0. The van der Waals surface area contributed by atoms with E-state index < -0.39 is 0 Å². The Morgan fingerprint density at radius 2 is 0.615 bits per heavy atom. The first kappa shape index (κ1) is 28.9. The maximum atomic E-state index is 6.58. The van der Waals surface area contributed by atoms with Crippen LogP contribution in [0.25, 0.3) is 110 Å². The Labute approximate surface area is 299 Å². The monoisotopic (exact) mass is 662 g/mol. The summed E-state index contributed by atoms with van der Waals surface area (Å²) < 4.78 is 13.0. The first-order valence-corrected chi connectivity index (χ1v) is 17.8. The quantitative estimate of drug-likeness (QED) is 0.175. The van der Waals surface area contributed by atoms with Crippen LogP contribution in [-0.4, -0.2) is 0 Å². The van der Waals surface area contributed by atoms with Crippen molar-refractivity contribution in [2.24, 2.45) is 0 Å². The molecule has 0 amide bonds. The van der Waals surface area contributed by atoms with Gasteiger partial charge in [-0.15, -0.1) is 0 Å². The van der Waals surface area contributed by atoms with Gasteiger partial charge in [-0.3, -0.25) is 0 Å². The molecular weight excluding hydrogens is 633 g/mol. The van der Waals surface area contributed by atoms with E-state index in [2.05, 4.69) is 164 Å². The maximum absolute atomic E-state index is 6.58. The summed E-state index contributed by atoms with van der Waals surface area (Å²) in [5.74, 6) is 0. The largest absolute Gasteiger partial charge is 0.455 e. The lowest BCUT2D eigenvalue weighted by atomic mass is 9.85. The van der Waals surface area contributed by atoms with Gasteiger partial charge in [-0.1, -0.05) is 170 Å². The molecule has 52 heavy (non-hydrogen) atoms. The van der Waals surface area contributed by atoms with Gasteiger partial charge in [0.15, 0.2) is 0 Å². The molecule has 0 saturated heterocycles. The van der Waals surface area contributed by atoms with Gasteiger partial charge < -0.3 is 8.83 Å². The fourth-order valence-electron chi connectivity index (χ4n) is 8.42. The van der Waals surface area contributed by atoms with Crippen LogP contribution in [-0.2, 0) is 0 Å². The summed E-state index contributed by atoms with van der Waals surface area (Å²) in [5, 5.41) is 9.40. The molecule has 2 heteroatoms. The molecule has 2 nitrogen and oxygen atoms in total. The van der Waals surface area contributed by atoms with Gasteiger partial charge >= 0.3 is 0 Å². The summed E-state index contributed by atoms with van der Waals surface area (Å²) in [6, 6.07) is 64.9. The zero-order chi connectivity index (χ0) is 34.2. The molecule has 11 rings (SSSR count). The number of para-hydroxylation sites is 4. The van der Waals surface area contributed by atoms with Gasteiger partial charge in [0, 0.05) is 38.2 Å². The van der Waals surface area contributed by atoms with E-state index in [0.29, 0.717) is 0 Å². The first-order valence-electron chi connectivity index (χ1n) is 17.8. The molecule has 0 aliphatic heterocycles. The first-order chi connectivity index (χ1) is 25.8. The van der Waals surface area contributed by atoms with E-state index in [0.717, 1.165) is 66.1 Å². The lowest BCUT2D eigenvalue weighted by Crippen LogP contribution is -1.91. The molecule has 0 spiro atoms. The fourth-order valence-corrected chi connectivity index (χ4v) is 8.42. The minimum atomic E-state index is 0.908. The Morgan fingerprint density at radius 3 is 1.19 bits per heavy atom. The minimum absolute atomic E-state index is 0.908. The molecule has 0 saturated carbocycles. The van der Waals surface area contributed by atoms with Gasteiger partial charge in [0.2, 0.25) is 0 Å². The Kier molecular flexibility index (Phi) is 6.28. The molecule has 0 aliphatic rings. The highest BCUT2D eigenvalue weighted by atomic mass is 16.3. The predicted octanol–water partition coefficient (Wildman–Crippen LogP) is 14.5. The average molecular weight is 663 g/mol. The second-order valence-electron chi connectivity index (χ2n) is 13.5. The van der Waals surface area contributed by atoms with Crippen molar-refractivity contribution in [2.45, 2.75) is 0 Å². The van der Waals surface area contributed by atoms with Crippen LogP contribution in [0, 0.1) is 0 Å². The highest BCUT2D eigenvalue weighted by Crippen LogP contribution is 2.47. The minimum Gasteiger partial charge on any atom is -0.455 e. The third kappa shape index (κ3) is 4.25. The highest BCUT2D eigenvalue weighted by molar-refractivity contribution is 6.24. The van der Waals surface area contributed by atoms with Gasteiger partial charge in [-0.05, 0) is 61.5 Å². The standard InChI is InChI=1S/C50H30O2/c1-2-14-34(41-21-11-22-42-35-15-7-9-25-45(35)51-49(41)42)33(13-1)31-27-29-32(30-28-31)47-37-17-3-5-19-39(37)48(40-20-6-4-18-38(40)47)44-24-12-23-43-36-16-8-10-26-46(36)52-50(43)44/h1-30H. The summed E-state index contributed by atoms with van der Waals surface area (Å²) in [7, 11) is 0. The molecule has 0 N–H and O–H groups in total. The molecule has 0 radical (unpaired) electrons. The zero-order valence-corrected chi connectivity index (χ0v) is 28.1. The Morgan fingerprint density at radius 1 is 0.231 bits per heavy atom. The van der Waals surface area contributed by atoms with Crippen molar-refractivity contribution in [1.29, 1.82) is 0 Å². The van der Waals surface area contributed by atoms with Crippen LogP contribution in [0.2, 0.25) is 0 Å².